The summed E-state index contributed by atoms with van der Waals surface area (Å²) in [5.41, 5.74) is -0.210. The Morgan fingerprint density at radius 3 is 2.21 bits per heavy atom. The Bertz CT molecular complexity index is 1320. The highest BCUT2D eigenvalue weighted by Gasteiger charge is 2.39. The highest BCUT2D eigenvalue weighted by atomic mass is 32.2. The van der Waals surface area contributed by atoms with Crippen molar-refractivity contribution >= 4 is 33.0 Å². The quantitative estimate of drug-likeness (QED) is 0.582. The number of nitrogens with one attached hydrogen (secondary N) is 1. The Balaban J connectivity index is 1.62. The molecule has 1 N–H and O–H groups in total. The Labute approximate surface area is 193 Å². The average molecular weight is 488 g/mol. The molecule has 0 unspecified atom stereocenters. The predicted molar refractivity (Wildman–Crippen MR) is 120 cm³/mol. The van der Waals surface area contributed by atoms with Gasteiger partial charge in [0.1, 0.15) is 6.54 Å². The number of benzene rings is 3. The van der Waals surface area contributed by atoms with Gasteiger partial charge in [0.05, 0.1) is 21.4 Å². The highest BCUT2D eigenvalue weighted by Crippen LogP contribution is 2.40. The van der Waals surface area contributed by atoms with Crippen molar-refractivity contribution in [2.45, 2.75) is 22.7 Å². The molecule has 0 bridgehead atoms. The van der Waals surface area contributed by atoms with Gasteiger partial charge < -0.3 is 10.2 Å². The Morgan fingerprint density at radius 2 is 1.56 bits per heavy atom. The lowest BCUT2D eigenvalue weighted by Crippen LogP contribution is -2.38. The van der Waals surface area contributed by atoms with Crippen molar-refractivity contribution < 1.29 is 31.2 Å². The number of halogens is 3. The number of anilines is 2. The minimum absolute atomic E-state index is 0.0722. The summed E-state index contributed by atoms with van der Waals surface area (Å²) in [6.07, 6.45) is -4.87. The summed E-state index contributed by atoms with van der Waals surface area (Å²) in [6, 6.07) is 18.2. The summed E-state index contributed by atoms with van der Waals surface area (Å²) in [4.78, 5) is 26.8. The smallest absolute Gasteiger partial charge is 0.325 e. The first kappa shape index (κ1) is 23.5. The first-order valence-electron chi connectivity index (χ1n) is 10.2. The van der Waals surface area contributed by atoms with Crippen LogP contribution in [0.2, 0.25) is 0 Å². The second-order valence-corrected chi connectivity index (χ2v) is 9.82. The number of hydrogen-bond acceptors (Lipinski definition) is 4. The number of nitrogens with zero attached hydrogens (tertiary/aromatic N) is 1. The molecule has 0 aliphatic carbocycles. The molecule has 3 aromatic rings. The van der Waals surface area contributed by atoms with E-state index in [-0.39, 0.29) is 22.7 Å². The molecule has 176 valence electrons. The van der Waals surface area contributed by atoms with Crippen LogP contribution in [-0.2, 0) is 25.6 Å². The van der Waals surface area contributed by atoms with E-state index in [1.807, 2.05) is 0 Å². The van der Waals surface area contributed by atoms with Crippen molar-refractivity contribution in [1.29, 1.82) is 0 Å². The van der Waals surface area contributed by atoms with Gasteiger partial charge in [-0.1, -0.05) is 42.5 Å². The van der Waals surface area contributed by atoms with E-state index in [1.54, 1.807) is 36.4 Å². The zero-order valence-corrected chi connectivity index (χ0v) is 18.4. The fraction of sp³-hybridized carbons (Fsp3) is 0.167. The van der Waals surface area contributed by atoms with Crippen molar-refractivity contribution in [3.8, 4) is 0 Å². The minimum Gasteiger partial charge on any atom is -0.325 e. The number of alkyl halides is 3. The SMILES string of the molecule is O=C(CN1C(=O)C[C@@H](c2ccccc2)S(=O)(=O)c2ccccc21)Nc1ccc(C(F)(F)F)cc1. The molecule has 0 saturated heterocycles. The van der Waals surface area contributed by atoms with Gasteiger partial charge in [-0.2, -0.15) is 13.2 Å². The van der Waals surface area contributed by atoms with Gasteiger partial charge in [0, 0.05) is 12.1 Å². The van der Waals surface area contributed by atoms with Crippen LogP contribution in [0.4, 0.5) is 24.5 Å². The maximum Gasteiger partial charge on any atom is 0.416 e. The maximum absolute atomic E-state index is 13.4. The van der Waals surface area contributed by atoms with Crippen LogP contribution >= 0.6 is 0 Å². The van der Waals surface area contributed by atoms with Crippen molar-refractivity contribution in [3.63, 3.8) is 0 Å². The van der Waals surface area contributed by atoms with Crippen LogP contribution < -0.4 is 10.2 Å². The number of carbonyl (C=O) groups is 2. The molecule has 0 saturated carbocycles. The van der Waals surface area contributed by atoms with Crippen LogP contribution in [0.25, 0.3) is 0 Å². The number of hydrogen-bond donors (Lipinski definition) is 1. The van der Waals surface area contributed by atoms with Gasteiger partial charge in [-0.15, -0.1) is 0 Å². The number of para-hydroxylation sites is 1. The van der Waals surface area contributed by atoms with Gasteiger partial charge >= 0.3 is 6.18 Å². The number of rotatable bonds is 4. The molecule has 1 heterocycles. The van der Waals surface area contributed by atoms with Gasteiger partial charge in [0.25, 0.3) is 0 Å². The summed E-state index contributed by atoms with van der Waals surface area (Å²) >= 11 is 0. The fourth-order valence-electron chi connectivity index (χ4n) is 3.81. The topological polar surface area (TPSA) is 83.6 Å². The van der Waals surface area contributed by atoms with Crippen molar-refractivity contribution in [2.75, 3.05) is 16.8 Å². The van der Waals surface area contributed by atoms with E-state index in [4.69, 9.17) is 0 Å². The second-order valence-electron chi connectivity index (χ2n) is 7.72. The summed E-state index contributed by atoms with van der Waals surface area (Å²) < 4.78 is 65.1. The molecule has 0 spiro atoms. The summed E-state index contributed by atoms with van der Waals surface area (Å²) in [6.45, 7) is -0.506. The molecule has 1 aliphatic heterocycles. The third kappa shape index (κ3) is 4.67. The van der Waals surface area contributed by atoms with E-state index in [0.717, 1.165) is 29.2 Å². The zero-order valence-electron chi connectivity index (χ0n) is 17.6. The molecular weight excluding hydrogens is 469 g/mol. The molecule has 3 aromatic carbocycles. The minimum atomic E-state index is -4.51. The molecular formula is C24H19F3N2O4S. The van der Waals surface area contributed by atoms with Crippen molar-refractivity contribution in [3.05, 3.63) is 90.0 Å². The monoisotopic (exact) mass is 488 g/mol. The molecule has 2 amide bonds. The molecule has 0 fully saturated rings. The van der Waals surface area contributed by atoms with Crippen LogP contribution in [0.15, 0.2) is 83.8 Å². The van der Waals surface area contributed by atoms with Gasteiger partial charge in [-0.05, 0) is 42.0 Å². The first-order chi connectivity index (χ1) is 16.1. The molecule has 4 rings (SSSR count). The average Bonchev–Trinajstić information content (AvgIpc) is 2.88. The molecule has 34 heavy (non-hydrogen) atoms. The van der Waals surface area contributed by atoms with E-state index >= 15 is 0 Å². The van der Waals surface area contributed by atoms with Gasteiger partial charge in [-0.25, -0.2) is 8.42 Å². The van der Waals surface area contributed by atoms with Crippen LogP contribution in [-0.4, -0.2) is 26.8 Å². The molecule has 1 atom stereocenters. The number of carbonyl (C=O) groups excluding carboxylic acids is 2. The van der Waals surface area contributed by atoms with Crippen LogP contribution in [0.3, 0.4) is 0 Å². The van der Waals surface area contributed by atoms with Crippen molar-refractivity contribution in [2.24, 2.45) is 0 Å². The zero-order chi connectivity index (χ0) is 24.5. The molecule has 0 radical (unpaired) electrons. The van der Waals surface area contributed by atoms with Gasteiger partial charge in [0.2, 0.25) is 11.8 Å². The predicted octanol–water partition coefficient (Wildman–Crippen LogP) is 4.60. The fourth-order valence-corrected chi connectivity index (χ4v) is 5.73. The Kier molecular flexibility index (Phi) is 6.18. The molecule has 1 aliphatic rings. The normalized spacial score (nSPS) is 17.6. The van der Waals surface area contributed by atoms with E-state index in [0.29, 0.717) is 5.56 Å². The molecule has 10 heteroatoms. The van der Waals surface area contributed by atoms with Crippen molar-refractivity contribution in [1.82, 2.24) is 0 Å². The largest absolute Gasteiger partial charge is 0.416 e. The highest BCUT2D eigenvalue weighted by molar-refractivity contribution is 7.92. The lowest BCUT2D eigenvalue weighted by atomic mass is 10.1. The van der Waals surface area contributed by atoms with Gasteiger partial charge in [0.15, 0.2) is 9.84 Å². The number of fused-ring (bicyclic) bond motifs is 1. The lowest BCUT2D eigenvalue weighted by molar-refractivity contribution is -0.137. The maximum atomic E-state index is 13.4. The molecule has 6 nitrogen and oxygen atoms in total. The number of sulfone groups is 1. The van der Waals surface area contributed by atoms with Crippen LogP contribution in [0.1, 0.15) is 22.8 Å². The second kappa shape index (κ2) is 8.94. The lowest BCUT2D eigenvalue weighted by Gasteiger charge is -2.22. The standard InChI is InChI=1S/C24H19F3N2O4S/c25-24(26,27)17-10-12-18(13-11-17)28-22(30)15-29-19-8-4-5-9-20(19)34(32,33)21(14-23(29)31)16-6-2-1-3-7-16/h1-13,21H,14-15H2,(H,28,30)/t21-/m0/s1. The van der Waals surface area contributed by atoms with E-state index in [1.165, 1.54) is 18.2 Å². The van der Waals surface area contributed by atoms with Gasteiger partial charge in [-0.3, -0.25) is 9.59 Å². The van der Waals surface area contributed by atoms with Crippen LogP contribution in [0.5, 0.6) is 0 Å². The summed E-state index contributed by atoms with van der Waals surface area (Å²) in [5, 5.41) is 1.33. The first-order valence-corrected chi connectivity index (χ1v) is 11.8. The van der Waals surface area contributed by atoms with E-state index in [2.05, 4.69) is 5.32 Å². The van der Waals surface area contributed by atoms with Crippen LogP contribution in [0, 0.1) is 0 Å². The third-order valence-electron chi connectivity index (χ3n) is 5.47. The van der Waals surface area contributed by atoms with E-state index < -0.39 is 45.2 Å². The third-order valence-corrected chi connectivity index (χ3v) is 7.61. The number of amides is 2. The molecule has 0 aromatic heterocycles. The summed E-state index contributed by atoms with van der Waals surface area (Å²) in [7, 11) is -3.95. The van der Waals surface area contributed by atoms with E-state index in [9.17, 15) is 31.2 Å². The Hall–Kier alpha value is -3.66. The summed E-state index contributed by atoms with van der Waals surface area (Å²) in [5.74, 6) is -1.25. The Morgan fingerprint density at radius 1 is 0.941 bits per heavy atom.